The van der Waals surface area contributed by atoms with E-state index >= 15 is 0 Å². The van der Waals surface area contributed by atoms with Gasteiger partial charge in [0.05, 0.1) is 5.52 Å². The van der Waals surface area contributed by atoms with Crippen LogP contribution in [-0.4, -0.2) is 66.5 Å². The summed E-state index contributed by atoms with van der Waals surface area (Å²) in [6.45, 7) is 0.489. The SMILES string of the molecule is CN(C)c1nc(NC2CCC(NC(=O)C(CCCCNC(=O)c3ccccc3)NC(=O)c3ccccc3)CC2)nc2ccccc12. The van der Waals surface area contributed by atoms with Crippen LogP contribution in [0.5, 0.6) is 0 Å². The number of hydrogen-bond acceptors (Lipinski definition) is 7. The molecule has 3 amide bonds. The summed E-state index contributed by atoms with van der Waals surface area (Å²) in [5.74, 6) is 0.901. The second-order valence-corrected chi connectivity index (χ2v) is 12.0. The summed E-state index contributed by atoms with van der Waals surface area (Å²) in [5, 5.41) is 13.6. The molecule has 240 valence electrons. The van der Waals surface area contributed by atoms with Crippen LogP contribution in [0.1, 0.15) is 65.7 Å². The lowest BCUT2D eigenvalue weighted by molar-refractivity contribution is -0.124. The standard InChI is InChI=1S/C36H43N7O3/c1-43(2)32-29-17-9-10-18-30(29)41-36(42-32)39-28-22-20-27(21-23-28)38-35(46)31(40-34(45)26-15-7-4-8-16-26)19-11-12-24-37-33(44)25-13-5-3-6-14-25/h3-10,13-18,27-28,31H,11-12,19-24H2,1-2H3,(H,37,44)(H,38,46)(H,40,45)(H,39,41,42). The summed E-state index contributed by atoms with van der Waals surface area (Å²) in [6, 6.07) is 25.5. The van der Waals surface area contributed by atoms with E-state index in [-0.39, 0.29) is 29.8 Å². The molecule has 1 aromatic heterocycles. The highest BCUT2D eigenvalue weighted by molar-refractivity contribution is 5.97. The molecule has 46 heavy (non-hydrogen) atoms. The van der Waals surface area contributed by atoms with E-state index in [1.807, 2.05) is 67.5 Å². The molecule has 4 aromatic rings. The number of para-hydroxylation sites is 1. The van der Waals surface area contributed by atoms with Crippen molar-refractivity contribution in [2.24, 2.45) is 0 Å². The summed E-state index contributed by atoms with van der Waals surface area (Å²) in [7, 11) is 3.96. The van der Waals surface area contributed by atoms with Gasteiger partial charge in [-0.15, -0.1) is 0 Å². The molecule has 1 fully saturated rings. The third kappa shape index (κ3) is 8.80. The lowest BCUT2D eigenvalue weighted by atomic mass is 9.91. The zero-order chi connectivity index (χ0) is 32.3. The molecule has 0 spiro atoms. The van der Waals surface area contributed by atoms with E-state index in [9.17, 15) is 14.4 Å². The van der Waals surface area contributed by atoms with Crippen LogP contribution in [0.25, 0.3) is 10.9 Å². The number of fused-ring (bicyclic) bond motifs is 1. The van der Waals surface area contributed by atoms with Crippen molar-refractivity contribution in [3.63, 3.8) is 0 Å². The molecule has 1 heterocycles. The van der Waals surface area contributed by atoms with Crippen molar-refractivity contribution in [3.8, 4) is 0 Å². The lowest BCUT2D eigenvalue weighted by Gasteiger charge is -2.31. The first-order chi connectivity index (χ1) is 22.4. The second-order valence-electron chi connectivity index (χ2n) is 12.0. The molecule has 1 aliphatic rings. The molecule has 4 N–H and O–H groups in total. The van der Waals surface area contributed by atoms with Gasteiger partial charge in [0.1, 0.15) is 11.9 Å². The van der Waals surface area contributed by atoms with E-state index in [2.05, 4.69) is 21.3 Å². The maximum Gasteiger partial charge on any atom is 0.251 e. The number of nitrogens with one attached hydrogen (secondary N) is 4. The highest BCUT2D eigenvalue weighted by atomic mass is 16.2. The molecule has 10 heteroatoms. The van der Waals surface area contributed by atoms with Gasteiger partial charge >= 0.3 is 0 Å². The van der Waals surface area contributed by atoms with E-state index in [1.54, 1.807) is 36.4 Å². The minimum absolute atomic E-state index is 0.0155. The van der Waals surface area contributed by atoms with Crippen LogP contribution >= 0.6 is 0 Å². The van der Waals surface area contributed by atoms with Gasteiger partial charge in [-0.2, -0.15) is 4.98 Å². The smallest absolute Gasteiger partial charge is 0.251 e. The van der Waals surface area contributed by atoms with Crippen LogP contribution in [0.2, 0.25) is 0 Å². The second kappa shape index (κ2) is 15.8. The molecule has 1 aliphatic carbocycles. The number of nitrogens with zero attached hydrogens (tertiary/aromatic N) is 3. The van der Waals surface area contributed by atoms with Crippen molar-refractivity contribution in [2.75, 3.05) is 30.9 Å². The third-order valence-corrected chi connectivity index (χ3v) is 8.31. The molecule has 10 nitrogen and oxygen atoms in total. The number of amides is 3. The van der Waals surface area contributed by atoms with Gasteiger partial charge in [-0.3, -0.25) is 14.4 Å². The zero-order valence-corrected chi connectivity index (χ0v) is 26.5. The van der Waals surface area contributed by atoms with E-state index in [4.69, 9.17) is 9.97 Å². The van der Waals surface area contributed by atoms with Crippen molar-refractivity contribution in [1.82, 2.24) is 25.9 Å². The largest absolute Gasteiger partial charge is 0.362 e. The van der Waals surface area contributed by atoms with Crippen LogP contribution in [0, 0.1) is 0 Å². The Morgan fingerprint density at radius 2 is 1.37 bits per heavy atom. The van der Waals surface area contributed by atoms with Crippen LogP contribution < -0.4 is 26.2 Å². The fourth-order valence-electron chi connectivity index (χ4n) is 5.80. The fraction of sp³-hybridized carbons (Fsp3) is 0.361. The Bertz CT molecular complexity index is 1610. The Balaban J connectivity index is 1.13. The first kappa shape index (κ1) is 32.4. The highest BCUT2D eigenvalue weighted by Crippen LogP contribution is 2.26. The van der Waals surface area contributed by atoms with Gasteiger partial charge < -0.3 is 26.2 Å². The molecular formula is C36H43N7O3. The van der Waals surface area contributed by atoms with E-state index in [1.165, 1.54) is 0 Å². The average Bonchev–Trinajstić information content (AvgIpc) is 3.08. The minimum atomic E-state index is -0.677. The summed E-state index contributed by atoms with van der Waals surface area (Å²) >= 11 is 0. The summed E-state index contributed by atoms with van der Waals surface area (Å²) in [4.78, 5) is 50.3. The van der Waals surface area contributed by atoms with Gasteiger partial charge in [0.15, 0.2) is 0 Å². The van der Waals surface area contributed by atoms with E-state index < -0.39 is 6.04 Å². The first-order valence-corrected chi connectivity index (χ1v) is 16.1. The molecule has 0 aliphatic heterocycles. The molecule has 3 aromatic carbocycles. The van der Waals surface area contributed by atoms with Crippen molar-refractivity contribution < 1.29 is 14.4 Å². The van der Waals surface area contributed by atoms with Crippen LogP contribution in [0.4, 0.5) is 11.8 Å². The van der Waals surface area contributed by atoms with Crippen LogP contribution in [0.15, 0.2) is 84.9 Å². The van der Waals surface area contributed by atoms with E-state index in [0.29, 0.717) is 42.9 Å². The molecule has 0 radical (unpaired) electrons. The third-order valence-electron chi connectivity index (χ3n) is 8.31. The van der Waals surface area contributed by atoms with Crippen LogP contribution in [0.3, 0.4) is 0 Å². The number of carbonyl (C=O) groups excluding carboxylic acids is 3. The molecular weight excluding hydrogens is 578 g/mol. The minimum Gasteiger partial charge on any atom is -0.362 e. The summed E-state index contributed by atoms with van der Waals surface area (Å²) < 4.78 is 0. The Labute approximate surface area is 270 Å². The summed E-state index contributed by atoms with van der Waals surface area (Å²) in [5.41, 5.74) is 2.02. The van der Waals surface area contributed by atoms with Crippen molar-refractivity contribution in [1.29, 1.82) is 0 Å². The topological polar surface area (TPSA) is 128 Å². The van der Waals surface area contributed by atoms with Gasteiger partial charge in [-0.1, -0.05) is 48.5 Å². The highest BCUT2D eigenvalue weighted by Gasteiger charge is 2.27. The Kier molecular flexibility index (Phi) is 11.2. The van der Waals surface area contributed by atoms with Crippen molar-refractivity contribution in [3.05, 3.63) is 96.1 Å². The maximum atomic E-state index is 13.5. The number of rotatable bonds is 13. The number of aromatic nitrogens is 2. The fourth-order valence-corrected chi connectivity index (χ4v) is 5.80. The predicted molar refractivity (Wildman–Crippen MR) is 182 cm³/mol. The van der Waals surface area contributed by atoms with Gasteiger partial charge in [0.2, 0.25) is 11.9 Å². The van der Waals surface area contributed by atoms with Gasteiger partial charge in [0, 0.05) is 49.2 Å². The zero-order valence-electron chi connectivity index (χ0n) is 26.5. The molecule has 1 unspecified atom stereocenters. The number of hydrogen-bond donors (Lipinski definition) is 4. The predicted octanol–water partition coefficient (Wildman–Crippen LogP) is 4.93. The van der Waals surface area contributed by atoms with E-state index in [0.717, 1.165) is 42.4 Å². The summed E-state index contributed by atoms with van der Waals surface area (Å²) in [6.07, 6.45) is 5.16. The first-order valence-electron chi connectivity index (χ1n) is 16.1. The Hall–Kier alpha value is -4.99. The van der Waals surface area contributed by atoms with Gasteiger partial charge in [-0.05, 0) is 81.3 Å². The molecule has 5 rings (SSSR count). The quantitative estimate of drug-likeness (QED) is 0.156. The Morgan fingerprint density at radius 3 is 2.04 bits per heavy atom. The van der Waals surface area contributed by atoms with Gasteiger partial charge in [-0.25, -0.2) is 4.98 Å². The van der Waals surface area contributed by atoms with Crippen molar-refractivity contribution >= 4 is 40.4 Å². The number of carbonyl (C=O) groups is 3. The number of anilines is 2. The van der Waals surface area contributed by atoms with Crippen molar-refractivity contribution in [2.45, 2.75) is 63.1 Å². The van der Waals surface area contributed by atoms with Gasteiger partial charge in [0.25, 0.3) is 11.8 Å². The number of benzene rings is 3. The molecule has 0 bridgehead atoms. The average molecular weight is 622 g/mol. The molecule has 0 saturated heterocycles. The number of unbranched alkanes of at least 4 members (excludes halogenated alkanes) is 1. The normalized spacial score (nSPS) is 16.7. The Morgan fingerprint density at radius 1 is 0.761 bits per heavy atom. The lowest BCUT2D eigenvalue weighted by Crippen LogP contribution is -2.50. The van der Waals surface area contributed by atoms with Crippen LogP contribution in [-0.2, 0) is 4.79 Å². The maximum absolute atomic E-state index is 13.5. The monoisotopic (exact) mass is 621 g/mol. The molecule has 1 saturated carbocycles. The molecule has 1 atom stereocenters.